The Hall–Kier alpha value is -1.20. The summed E-state index contributed by atoms with van der Waals surface area (Å²) in [6.45, 7) is 0. The Morgan fingerprint density at radius 2 is 2.00 bits per heavy atom. The maximum absolute atomic E-state index is 12.5. The molecule has 114 valence electrons. The summed E-state index contributed by atoms with van der Waals surface area (Å²) in [5.74, 6) is -0.113. The normalized spacial score (nSPS) is 24.7. The van der Waals surface area contributed by atoms with E-state index in [0.29, 0.717) is 11.8 Å². The van der Waals surface area contributed by atoms with Gasteiger partial charge >= 0.3 is 0 Å². The van der Waals surface area contributed by atoms with Gasteiger partial charge in [0.05, 0.1) is 6.10 Å². The highest BCUT2D eigenvalue weighted by Gasteiger charge is 2.26. The van der Waals surface area contributed by atoms with Gasteiger partial charge in [-0.05, 0) is 56.5 Å². The second-order valence-corrected chi connectivity index (χ2v) is 6.14. The summed E-state index contributed by atoms with van der Waals surface area (Å²) in [6, 6.07) is 0.203. The van der Waals surface area contributed by atoms with Crippen LogP contribution in [-0.4, -0.2) is 35.1 Å². The van der Waals surface area contributed by atoms with Crippen molar-refractivity contribution in [2.24, 2.45) is 0 Å². The van der Waals surface area contributed by atoms with Crippen molar-refractivity contribution >= 4 is 17.5 Å². The van der Waals surface area contributed by atoms with Gasteiger partial charge < -0.3 is 10.1 Å². The zero-order chi connectivity index (χ0) is 14.8. The predicted molar refractivity (Wildman–Crippen MR) is 79.6 cm³/mol. The minimum absolute atomic E-state index is 0.113. The molecule has 21 heavy (non-hydrogen) atoms. The number of carbonyl (C=O) groups is 1. The number of halogens is 1. The average molecular weight is 310 g/mol. The quantitative estimate of drug-likeness (QED) is 0.870. The van der Waals surface area contributed by atoms with Crippen LogP contribution in [0.1, 0.15) is 53.8 Å². The first-order chi connectivity index (χ1) is 10.2. The van der Waals surface area contributed by atoms with E-state index in [4.69, 9.17) is 16.3 Å². The maximum atomic E-state index is 12.5. The van der Waals surface area contributed by atoms with Crippen LogP contribution in [0.2, 0.25) is 5.28 Å². The zero-order valence-electron chi connectivity index (χ0n) is 12.2. The van der Waals surface area contributed by atoms with E-state index < -0.39 is 0 Å². The number of aromatic nitrogens is 2. The molecular formula is C15H20ClN3O2. The molecule has 0 saturated heterocycles. The summed E-state index contributed by atoms with van der Waals surface area (Å²) in [5.41, 5.74) is 2.38. The van der Waals surface area contributed by atoms with Crippen molar-refractivity contribution < 1.29 is 9.53 Å². The summed E-state index contributed by atoms with van der Waals surface area (Å²) >= 11 is 5.93. The zero-order valence-corrected chi connectivity index (χ0v) is 12.9. The summed E-state index contributed by atoms with van der Waals surface area (Å²) in [7, 11) is 1.75. The molecule has 1 aromatic rings. The molecule has 1 aromatic heterocycles. The fourth-order valence-corrected chi connectivity index (χ4v) is 3.47. The standard InChI is InChI=1S/C15H20ClN3O2/c1-21-10-7-5-9(6-8-10)17-14(20)13-11-3-2-4-12(11)18-15(16)19-13/h9-10H,2-8H2,1H3,(H,17,20)/t9-,10-. The molecule has 3 rings (SSSR count). The van der Waals surface area contributed by atoms with Crippen molar-refractivity contribution in [3.05, 3.63) is 22.2 Å². The minimum atomic E-state index is -0.113. The molecule has 1 heterocycles. The molecule has 0 unspecified atom stereocenters. The smallest absolute Gasteiger partial charge is 0.270 e. The lowest BCUT2D eigenvalue weighted by Crippen LogP contribution is -2.39. The number of fused-ring (bicyclic) bond motifs is 1. The number of amides is 1. The molecule has 2 aliphatic carbocycles. The van der Waals surface area contributed by atoms with Gasteiger partial charge in [0.2, 0.25) is 5.28 Å². The van der Waals surface area contributed by atoms with E-state index in [0.717, 1.165) is 56.2 Å². The molecule has 0 radical (unpaired) electrons. The Kier molecular flexibility index (Phi) is 4.40. The molecule has 5 nitrogen and oxygen atoms in total. The topological polar surface area (TPSA) is 64.1 Å². The highest BCUT2D eigenvalue weighted by Crippen LogP contribution is 2.25. The van der Waals surface area contributed by atoms with Crippen molar-refractivity contribution in [2.45, 2.75) is 57.1 Å². The molecule has 1 saturated carbocycles. The molecule has 2 aliphatic rings. The molecule has 0 aromatic carbocycles. The number of hydrogen-bond donors (Lipinski definition) is 1. The van der Waals surface area contributed by atoms with Gasteiger partial charge in [0.25, 0.3) is 5.91 Å². The highest BCUT2D eigenvalue weighted by molar-refractivity contribution is 6.28. The van der Waals surface area contributed by atoms with E-state index in [-0.39, 0.29) is 17.2 Å². The van der Waals surface area contributed by atoms with E-state index >= 15 is 0 Å². The molecule has 1 N–H and O–H groups in total. The van der Waals surface area contributed by atoms with Crippen LogP contribution < -0.4 is 5.32 Å². The van der Waals surface area contributed by atoms with Gasteiger partial charge in [-0.2, -0.15) is 0 Å². The van der Waals surface area contributed by atoms with Gasteiger partial charge in [-0.1, -0.05) is 0 Å². The Bertz CT molecular complexity index is 542. The summed E-state index contributed by atoms with van der Waals surface area (Å²) in [5, 5.41) is 3.26. The minimum Gasteiger partial charge on any atom is -0.381 e. The van der Waals surface area contributed by atoms with Gasteiger partial charge in [-0.25, -0.2) is 9.97 Å². The summed E-state index contributed by atoms with van der Waals surface area (Å²) < 4.78 is 5.35. The van der Waals surface area contributed by atoms with Crippen molar-refractivity contribution in [1.29, 1.82) is 0 Å². The van der Waals surface area contributed by atoms with Crippen molar-refractivity contribution in [2.75, 3.05) is 7.11 Å². The second-order valence-electron chi connectivity index (χ2n) is 5.80. The number of rotatable bonds is 3. The third-order valence-corrected chi connectivity index (χ3v) is 4.63. The molecule has 1 amide bonds. The van der Waals surface area contributed by atoms with Crippen LogP contribution >= 0.6 is 11.6 Å². The number of hydrogen-bond acceptors (Lipinski definition) is 4. The van der Waals surface area contributed by atoms with Gasteiger partial charge in [0.15, 0.2) is 0 Å². The Morgan fingerprint density at radius 3 is 2.71 bits per heavy atom. The molecule has 0 bridgehead atoms. The average Bonchev–Trinajstić information content (AvgIpc) is 2.95. The number of nitrogens with one attached hydrogen (secondary N) is 1. The third-order valence-electron chi connectivity index (χ3n) is 4.46. The van der Waals surface area contributed by atoms with E-state index in [2.05, 4.69) is 15.3 Å². The molecular weight excluding hydrogens is 290 g/mol. The van der Waals surface area contributed by atoms with E-state index in [9.17, 15) is 4.79 Å². The molecule has 0 spiro atoms. The fraction of sp³-hybridized carbons (Fsp3) is 0.667. The summed E-state index contributed by atoms with van der Waals surface area (Å²) in [6.07, 6.45) is 6.98. The van der Waals surface area contributed by atoms with E-state index in [1.54, 1.807) is 7.11 Å². The van der Waals surface area contributed by atoms with Gasteiger partial charge in [-0.15, -0.1) is 0 Å². The van der Waals surface area contributed by atoms with E-state index in [1.807, 2.05) is 0 Å². The van der Waals surface area contributed by atoms with Crippen molar-refractivity contribution in [1.82, 2.24) is 15.3 Å². The van der Waals surface area contributed by atoms with Crippen LogP contribution in [-0.2, 0) is 17.6 Å². The summed E-state index contributed by atoms with van der Waals surface area (Å²) in [4.78, 5) is 20.9. The molecule has 1 fully saturated rings. The van der Waals surface area contributed by atoms with E-state index in [1.165, 1.54) is 0 Å². The number of ether oxygens (including phenoxy) is 1. The first kappa shape index (κ1) is 14.7. The van der Waals surface area contributed by atoms with Crippen molar-refractivity contribution in [3.8, 4) is 0 Å². The third kappa shape index (κ3) is 3.19. The van der Waals surface area contributed by atoms with Gasteiger partial charge in [-0.3, -0.25) is 4.79 Å². The molecule has 0 atom stereocenters. The monoisotopic (exact) mass is 309 g/mol. The first-order valence-electron chi connectivity index (χ1n) is 7.56. The number of carbonyl (C=O) groups excluding carboxylic acids is 1. The Morgan fingerprint density at radius 1 is 1.24 bits per heavy atom. The number of nitrogens with zero attached hydrogens (tertiary/aromatic N) is 2. The second kappa shape index (κ2) is 6.28. The number of methoxy groups -OCH3 is 1. The lowest BCUT2D eigenvalue weighted by Gasteiger charge is -2.28. The lowest BCUT2D eigenvalue weighted by molar-refractivity contribution is 0.0598. The van der Waals surface area contributed by atoms with Crippen LogP contribution in [0.15, 0.2) is 0 Å². The Balaban J connectivity index is 1.69. The van der Waals surface area contributed by atoms with Crippen LogP contribution in [0.4, 0.5) is 0 Å². The van der Waals surface area contributed by atoms with Gasteiger partial charge in [0.1, 0.15) is 5.69 Å². The molecule has 6 heteroatoms. The van der Waals surface area contributed by atoms with Crippen LogP contribution in [0.5, 0.6) is 0 Å². The first-order valence-corrected chi connectivity index (χ1v) is 7.94. The SMILES string of the molecule is CO[C@H]1CC[C@H](NC(=O)c2nc(Cl)nc3c2CCC3)CC1. The number of aryl methyl sites for hydroxylation is 1. The lowest BCUT2D eigenvalue weighted by atomic mass is 9.93. The van der Waals surface area contributed by atoms with Crippen LogP contribution in [0.3, 0.4) is 0 Å². The van der Waals surface area contributed by atoms with Crippen LogP contribution in [0.25, 0.3) is 0 Å². The largest absolute Gasteiger partial charge is 0.381 e. The van der Waals surface area contributed by atoms with Crippen LogP contribution in [0, 0.1) is 0 Å². The maximum Gasteiger partial charge on any atom is 0.270 e. The molecule has 0 aliphatic heterocycles. The highest BCUT2D eigenvalue weighted by atomic mass is 35.5. The predicted octanol–water partition coefficient (Wildman–Crippen LogP) is 2.31. The van der Waals surface area contributed by atoms with Gasteiger partial charge in [0, 0.05) is 24.4 Å². The fourth-order valence-electron chi connectivity index (χ4n) is 3.29. The Labute approximate surface area is 129 Å². The van der Waals surface area contributed by atoms with Crippen molar-refractivity contribution in [3.63, 3.8) is 0 Å².